The Balaban J connectivity index is 2.34. The molecule has 4 nitrogen and oxygen atoms in total. The molecule has 0 aliphatic carbocycles. The molecule has 0 amide bonds. The molecule has 0 saturated heterocycles. The quantitative estimate of drug-likeness (QED) is 0.896. The lowest BCUT2D eigenvalue weighted by molar-refractivity contribution is 1.17. The number of rotatable bonds is 3. The van der Waals surface area contributed by atoms with Crippen LogP contribution in [0, 0.1) is 0 Å². The third-order valence-electron chi connectivity index (χ3n) is 1.73. The van der Waals surface area contributed by atoms with E-state index in [1.165, 1.54) is 17.7 Å². The Morgan fingerprint density at radius 2 is 2.13 bits per heavy atom. The van der Waals surface area contributed by atoms with Gasteiger partial charge in [-0.1, -0.05) is 22.9 Å². The van der Waals surface area contributed by atoms with Gasteiger partial charge in [0.1, 0.15) is 16.3 Å². The highest BCUT2D eigenvalue weighted by atomic mass is 35.5. The standard InChI is InChI=1S/C9H9ClN4S/c1-2-13-9-7(10)14-8(15-9)6-3-11-5-12-4-6/h3-5,13H,2H2,1H3. The Bertz CT molecular complexity index is 443. The Kier molecular flexibility index (Phi) is 3.13. The minimum Gasteiger partial charge on any atom is -0.375 e. The third-order valence-corrected chi connectivity index (χ3v) is 3.18. The number of nitrogens with zero attached hydrogens (tertiary/aromatic N) is 3. The van der Waals surface area contributed by atoms with E-state index in [0.717, 1.165) is 22.1 Å². The van der Waals surface area contributed by atoms with Crippen molar-refractivity contribution in [3.05, 3.63) is 23.9 Å². The SMILES string of the molecule is CCNc1sc(-c2cncnc2)nc1Cl. The van der Waals surface area contributed by atoms with Gasteiger partial charge in [-0.3, -0.25) is 0 Å². The first-order chi connectivity index (χ1) is 7.31. The summed E-state index contributed by atoms with van der Waals surface area (Å²) in [6, 6.07) is 0. The first-order valence-electron chi connectivity index (χ1n) is 4.47. The maximum Gasteiger partial charge on any atom is 0.164 e. The fourth-order valence-corrected chi connectivity index (χ4v) is 2.32. The fourth-order valence-electron chi connectivity index (χ4n) is 1.10. The van der Waals surface area contributed by atoms with Gasteiger partial charge in [0.05, 0.1) is 0 Å². The molecule has 2 aromatic rings. The van der Waals surface area contributed by atoms with Crippen LogP contribution in [-0.4, -0.2) is 21.5 Å². The van der Waals surface area contributed by atoms with Crippen molar-refractivity contribution >= 4 is 27.9 Å². The lowest BCUT2D eigenvalue weighted by Gasteiger charge is -1.95. The highest BCUT2D eigenvalue weighted by Gasteiger charge is 2.10. The molecule has 2 aromatic heterocycles. The molecule has 0 bridgehead atoms. The molecule has 15 heavy (non-hydrogen) atoms. The van der Waals surface area contributed by atoms with Crippen LogP contribution in [-0.2, 0) is 0 Å². The van der Waals surface area contributed by atoms with Crippen molar-refractivity contribution in [2.45, 2.75) is 6.92 Å². The molecular weight excluding hydrogens is 232 g/mol. The molecule has 0 saturated carbocycles. The highest BCUT2D eigenvalue weighted by molar-refractivity contribution is 7.19. The van der Waals surface area contributed by atoms with E-state index in [0.29, 0.717) is 5.15 Å². The second kappa shape index (κ2) is 4.55. The Hall–Kier alpha value is -1.20. The molecule has 0 atom stereocenters. The van der Waals surface area contributed by atoms with E-state index in [4.69, 9.17) is 11.6 Å². The molecule has 0 spiro atoms. The first-order valence-corrected chi connectivity index (χ1v) is 5.66. The second-order valence-electron chi connectivity index (χ2n) is 2.80. The lowest BCUT2D eigenvalue weighted by atomic mass is 10.4. The summed E-state index contributed by atoms with van der Waals surface area (Å²) in [6.45, 7) is 2.84. The van der Waals surface area contributed by atoms with Crippen LogP contribution in [0.2, 0.25) is 5.15 Å². The van der Waals surface area contributed by atoms with E-state index in [1.807, 2.05) is 6.92 Å². The van der Waals surface area contributed by atoms with Crippen LogP contribution >= 0.6 is 22.9 Å². The summed E-state index contributed by atoms with van der Waals surface area (Å²) in [4.78, 5) is 12.1. The van der Waals surface area contributed by atoms with E-state index < -0.39 is 0 Å². The largest absolute Gasteiger partial charge is 0.375 e. The number of anilines is 1. The Labute approximate surface area is 96.4 Å². The molecule has 0 fully saturated rings. The van der Waals surface area contributed by atoms with E-state index >= 15 is 0 Å². The average molecular weight is 241 g/mol. The molecule has 2 heterocycles. The minimum absolute atomic E-state index is 0.501. The molecule has 0 unspecified atom stereocenters. The number of hydrogen-bond donors (Lipinski definition) is 1. The highest BCUT2D eigenvalue weighted by Crippen LogP contribution is 2.34. The van der Waals surface area contributed by atoms with Crippen molar-refractivity contribution in [1.82, 2.24) is 15.0 Å². The number of hydrogen-bond acceptors (Lipinski definition) is 5. The predicted molar refractivity (Wildman–Crippen MR) is 62.3 cm³/mol. The van der Waals surface area contributed by atoms with E-state index in [-0.39, 0.29) is 0 Å². The van der Waals surface area contributed by atoms with Crippen molar-refractivity contribution in [2.75, 3.05) is 11.9 Å². The Morgan fingerprint density at radius 3 is 2.80 bits per heavy atom. The van der Waals surface area contributed by atoms with Crippen molar-refractivity contribution in [2.24, 2.45) is 0 Å². The van der Waals surface area contributed by atoms with Crippen LogP contribution in [0.1, 0.15) is 6.92 Å². The van der Waals surface area contributed by atoms with Gasteiger partial charge in [-0.2, -0.15) is 0 Å². The predicted octanol–water partition coefficient (Wildman–Crippen LogP) is 2.69. The molecule has 0 aromatic carbocycles. The Morgan fingerprint density at radius 1 is 1.40 bits per heavy atom. The van der Waals surface area contributed by atoms with Gasteiger partial charge in [-0.25, -0.2) is 15.0 Å². The molecule has 0 aliphatic rings. The summed E-state index contributed by atoms with van der Waals surface area (Å²) in [7, 11) is 0. The van der Waals surface area contributed by atoms with E-state index in [1.54, 1.807) is 12.4 Å². The topological polar surface area (TPSA) is 50.7 Å². The van der Waals surface area contributed by atoms with Crippen molar-refractivity contribution in [3.8, 4) is 10.6 Å². The zero-order chi connectivity index (χ0) is 10.7. The lowest BCUT2D eigenvalue weighted by Crippen LogP contribution is -1.93. The normalized spacial score (nSPS) is 10.3. The van der Waals surface area contributed by atoms with Gasteiger partial charge in [-0.05, 0) is 6.92 Å². The first kappa shape index (κ1) is 10.3. The summed E-state index contributed by atoms with van der Waals surface area (Å²) in [5, 5.41) is 5.37. The zero-order valence-electron chi connectivity index (χ0n) is 8.07. The van der Waals surface area contributed by atoms with Crippen LogP contribution < -0.4 is 5.32 Å². The van der Waals surface area contributed by atoms with E-state index in [9.17, 15) is 0 Å². The number of nitrogens with one attached hydrogen (secondary N) is 1. The fraction of sp³-hybridized carbons (Fsp3) is 0.222. The maximum atomic E-state index is 5.97. The second-order valence-corrected chi connectivity index (χ2v) is 4.15. The monoisotopic (exact) mass is 240 g/mol. The molecule has 0 aliphatic heterocycles. The van der Waals surface area contributed by atoms with Gasteiger partial charge < -0.3 is 5.32 Å². The average Bonchev–Trinajstić information content (AvgIpc) is 2.63. The molecule has 6 heteroatoms. The molecule has 2 rings (SSSR count). The van der Waals surface area contributed by atoms with Gasteiger partial charge in [0.25, 0.3) is 0 Å². The molecule has 1 N–H and O–H groups in total. The van der Waals surface area contributed by atoms with Crippen LogP contribution in [0.3, 0.4) is 0 Å². The van der Waals surface area contributed by atoms with Crippen molar-refractivity contribution < 1.29 is 0 Å². The van der Waals surface area contributed by atoms with Gasteiger partial charge in [-0.15, -0.1) is 0 Å². The summed E-state index contributed by atoms with van der Waals surface area (Å²) in [5.41, 5.74) is 0.883. The van der Waals surface area contributed by atoms with Gasteiger partial charge in [0.15, 0.2) is 5.15 Å². The van der Waals surface area contributed by atoms with E-state index in [2.05, 4.69) is 20.3 Å². The van der Waals surface area contributed by atoms with Gasteiger partial charge >= 0.3 is 0 Å². The zero-order valence-corrected chi connectivity index (χ0v) is 9.64. The van der Waals surface area contributed by atoms with Crippen LogP contribution in [0.15, 0.2) is 18.7 Å². The number of thiazole rings is 1. The van der Waals surface area contributed by atoms with Crippen molar-refractivity contribution in [3.63, 3.8) is 0 Å². The number of aromatic nitrogens is 3. The van der Waals surface area contributed by atoms with Crippen LogP contribution in [0.25, 0.3) is 10.6 Å². The maximum absolute atomic E-state index is 5.97. The van der Waals surface area contributed by atoms with Gasteiger partial charge in [0, 0.05) is 24.5 Å². The molecule has 0 radical (unpaired) electrons. The van der Waals surface area contributed by atoms with Crippen LogP contribution in [0.4, 0.5) is 5.00 Å². The molecular formula is C9H9ClN4S. The summed E-state index contributed by atoms with van der Waals surface area (Å²) in [6.07, 6.45) is 4.93. The smallest absolute Gasteiger partial charge is 0.164 e. The van der Waals surface area contributed by atoms with Gasteiger partial charge in [0.2, 0.25) is 0 Å². The summed E-state index contributed by atoms with van der Waals surface area (Å²) < 4.78 is 0. The summed E-state index contributed by atoms with van der Waals surface area (Å²) >= 11 is 7.47. The third kappa shape index (κ3) is 2.24. The minimum atomic E-state index is 0.501. The number of halogens is 1. The molecule has 78 valence electrons. The van der Waals surface area contributed by atoms with Crippen molar-refractivity contribution in [1.29, 1.82) is 0 Å². The van der Waals surface area contributed by atoms with Crippen LogP contribution in [0.5, 0.6) is 0 Å². The summed E-state index contributed by atoms with van der Waals surface area (Å²) in [5.74, 6) is 0.